The normalized spacial score (nSPS) is 20.6. The van der Waals surface area contributed by atoms with E-state index in [9.17, 15) is 9.90 Å². The summed E-state index contributed by atoms with van der Waals surface area (Å²) in [5.74, 6) is 0.488. The van der Waals surface area contributed by atoms with Crippen molar-refractivity contribution in [2.75, 3.05) is 24.5 Å². The molecule has 0 bridgehead atoms. The molecule has 1 atom stereocenters. The van der Waals surface area contributed by atoms with Crippen LogP contribution < -0.4 is 10.2 Å². The second-order valence-corrected chi connectivity index (χ2v) is 6.11. The molecular weight excluding hydrogens is 306 g/mol. The number of amides is 1. The molecule has 2 N–H and O–H groups in total. The quantitative estimate of drug-likeness (QED) is 0.834. The topological polar surface area (TPSA) is 91.2 Å². The number of anilines is 1. The highest BCUT2D eigenvalue weighted by molar-refractivity contribution is 5.78. The highest BCUT2D eigenvalue weighted by atomic mass is 16.3. The van der Waals surface area contributed by atoms with Crippen molar-refractivity contribution in [1.29, 1.82) is 0 Å². The Morgan fingerprint density at radius 2 is 2.12 bits per heavy atom. The summed E-state index contributed by atoms with van der Waals surface area (Å²) in [6, 6.07) is 5.42. The molecule has 0 aliphatic carbocycles. The summed E-state index contributed by atoms with van der Waals surface area (Å²) in [5, 5.41) is 13.6. The standard InChI is InChI=1S/C17H21N5O2/c23-15(10-14-4-1-6-18-11-14)21-12-17(24)5-2-9-22(13-17)16-19-7-3-8-20-16/h1,3-4,6-8,11,24H,2,5,9-10,12-13H2,(H,21,23)/t17-/m0/s1. The number of aliphatic hydroxyl groups is 1. The molecule has 3 heterocycles. The zero-order chi connectivity index (χ0) is 16.8. The molecule has 7 nitrogen and oxygen atoms in total. The molecule has 1 aliphatic rings. The number of nitrogens with one attached hydrogen (secondary N) is 1. The van der Waals surface area contributed by atoms with Crippen molar-refractivity contribution < 1.29 is 9.90 Å². The predicted octanol–water partition coefficient (Wildman–Crippen LogP) is 0.562. The van der Waals surface area contributed by atoms with Crippen molar-refractivity contribution in [3.63, 3.8) is 0 Å². The number of rotatable bonds is 5. The first-order valence-electron chi connectivity index (χ1n) is 8.05. The summed E-state index contributed by atoms with van der Waals surface area (Å²) in [6.45, 7) is 1.43. The Morgan fingerprint density at radius 1 is 1.29 bits per heavy atom. The molecule has 0 radical (unpaired) electrons. The third-order valence-electron chi connectivity index (χ3n) is 4.09. The van der Waals surface area contributed by atoms with E-state index in [2.05, 4.69) is 20.3 Å². The van der Waals surface area contributed by atoms with Gasteiger partial charge in [-0.3, -0.25) is 9.78 Å². The van der Waals surface area contributed by atoms with Crippen LogP contribution in [-0.4, -0.2) is 51.2 Å². The van der Waals surface area contributed by atoms with Crippen molar-refractivity contribution in [1.82, 2.24) is 20.3 Å². The van der Waals surface area contributed by atoms with Gasteiger partial charge in [0.2, 0.25) is 11.9 Å². The smallest absolute Gasteiger partial charge is 0.225 e. The molecule has 126 valence electrons. The van der Waals surface area contributed by atoms with E-state index >= 15 is 0 Å². The van der Waals surface area contributed by atoms with Crippen molar-refractivity contribution >= 4 is 11.9 Å². The van der Waals surface area contributed by atoms with Crippen LogP contribution in [0.15, 0.2) is 43.0 Å². The van der Waals surface area contributed by atoms with Crippen LogP contribution in [0.25, 0.3) is 0 Å². The van der Waals surface area contributed by atoms with Crippen molar-refractivity contribution in [2.45, 2.75) is 24.9 Å². The Morgan fingerprint density at radius 3 is 2.88 bits per heavy atom. The SMILES string of the molecule is O=C(Cc1cccnc1)NC[C@@]1(O)CCCN(c2ncccn2)C1. The third kappa shape index (κ3) is 4.26. The van der Waals surface area contributed by atoms with E-state index in [4.69, 9.17) is 0 Å². The average Bonchev–Trinajstić information content (AvgIpc) is 2.62. The molecule has 2 aromatic rings. The Hall–Kier alpha value is -2.54. The summed E-state index contributed by atoms with van der Waals surface area (Å²) in [6.07, 6.45) is 8.44. The second-order valence-electron chi connectivity index (χ2n) is 6.11. The van der Waals surface area contributed by atoms with E-state index in [1.54, 1.807) is 36.9 Å². The molecule has 0 saturated carbocycles. The predicted molar refractivity (Wildman–Crippen MR) is 89.4 cm³/mol. The lowest BCUT2D eigenvalue weighted by atomic mass is 9.93. The van der Waals surface area contributed by atoms with Gasteiger partial charge in [0.1, 0.15) is 0 Å². The maximum absolute atomic E-state index is 12.1. The monoisotopic (exact) mass is 327 g/mol. The number of hydrogen-bond donors (Lipinski definition) is 2. The summed E-state index contributed by atoms with van der Waals surface area (Å²) in [7, 11) is 0. The lowest BCUT2D eigenvalue weighted by Crippen LogP contribution is -2.54. The van der Waals surface area contributed by atoms with Crippen LogP contribution in [-0.2, 0) is 11.2 Å². The number of β-amino-alcohol motifs (C(OH)–C–C–N with tert-alkyl or cyclic N) is 1. The fraction of sp³-hybridized carbons (Fsp3) is 0.412. The minimum atomic E-state index is -0.970. The fourth-order valence-electron chi connectivity index (χ4n) is 2.90. The molecule has 0 spiro atoms. The summed E-state index contributed by atoms with van der Waals surface area (Å²) in [5.41, 5.74) is -0.118. The first-order chi connectivity index (χ1) is 11.6. The molecular formula is C17H21N5O2. The van der Waals surface area contributed by atoms with Crippen molar-refractivity contribution in [2.24, 2.45) is 0 Å². The van der Waals surface area contributed by atoms with Crippen LogP contribution in [0, 0.1) is 0 Å². The second kappa shape index (κ2) is 7.35. The van der Waals surface area contributed by atoms with Gasteiger partial charge in [-0.05, 0) is 30.5 Å². The maximum Gasteiger partial charge on any atom is 0.225 e. The van der Waals surface area contributed by atoms with Crippen LogP contribution in [0.1, 0.15) is 18.4 Å². The molecule has 1 fully saturated rings. The molecule has 2 aromatic heterocycles. The fourth-order valence-corrected chi connectivity index (χ4v) is 2.90. The average molecular weight is 327 g/mol. The number of carbonyl (C=O) groups is 1. The molecule has 24 heavy (non-hydrogen) atoms. The van der Waals surface area contributed by atoms with Crippen LogP contribution >= 0.6 is 0 Å². The number of carbonyl (C=O) groups excluding carboxylic acids is 1. The number of hydrogen-bond acceptors (Lipinski definition) is 6. The number of piperidine rings is 1. The van der Waals surface area contributed by atoms with Crippen LogP contribution in [0.3, 0.4) is 0 Å². The van der Waals surface area contributed by atoms with Gasteiger partial charge in [0.05, 0.1) is 18.6 Å². The van der Waals surface area contributed by atoms with E-state index in [1.807, 2.05) is 11.0 Å². The minimum Gasteiger partial charge on any atom is -0.386 e. The van der Waals surface area contributed by atoms with Gasteiger partial charge in [0.15, 0.2) is 0 Å². The highest BCUT2D eigenvalue weighted by Crippen LogP contribution is 2.23. The van der Waals surface area contributed by atoms with E-state index in [0.29, 0.717) is 18.9 Å². The zero-order valence-corrected chi connectivity index (χ0v) is 13.4. The minimum absolute atomic E-state index is 0.121. The molecule has 1 saturated heterocycles. The van der Waals surface area contributed by atoms with Gasteiger partial charge in [0.25, 0.3) is 0 Å². The molecule has 3 rings (SSSR count). The van der Waals surface area contributed by atoms with E-state index < -0.39 is 5.60 Å². The first kappa shape index (κ1) is 16.3. The molecule has 0 aromatic carbocycles. The lowest BCUT2D eigenvalue weighted by molar-refractivity contribution is -0.121. The van der Waals surface area contributed by atoms with Gasteiger partial charge in [-0.25, -0.2) is 9.97 Å². The van der Waals surface area contributed by atoms with Gasteiger partial charge >= 0.3 is 0 Å². The molecule has 0 unspecified atom stereocenters. The Kier molecular flexibility index (Phi) is 5.00. The van der Waals surface area contributed by atoms with Gasteiger partial charge in [0, 0.05) is 37.9 Å². The number of pyridine rings is 1. The summed E-state index contributed by atoms with van der Waals surface area (Å²) < 4.78 is 0. The van der Waals surface area contributed by atoms with Crippen LogP contribution in [0.5, 0.6) is 0 Å². The largest absolute Gasteiger partial charge is 0.386 e. The van der Waals surface area contributed by atoms with Gasteiger partial charge in [-0.2, -0.15) is 0 Å². The number of nitrogens with zero attached hydrogens (tertiary/aromatic N) is 4. The molecule has 7 heteroatoms. The molecule has 1 aliphatic heterocycles. The Balaban J connectivity index is 1.54. The van der Waals surface area contributed by atoms with E-state index in [1.165, 1.54) is 0 Å². The van der Waals surface area contributed by atoms with E-state index in [-0.39, 0.29) is 18.9 Å². The third-order valence-corrected chi connectivity index (χ3v) is 4.09. The summed E-state index contributed by atoms with van der Waals surface area (Å²) >= 11 is 0. The zero-order valence-electron chi connectivity index (χ0n) is 13.4. The molecule has 1 amide bonds. The van der Waals surface area contributed by atoms with Crippen LogP contribution in [0.4, 0.5) is 5.95 Å². The number of aromatic nitrogens is 3. The van der Waals surface area contributed by atoms with Crippen molar-refractivity contribution in [3.8, 4) is 0 Å². The first-order valence-corrected chi connectivity index (χ1v) is 8.05. The van der Waals surface area contributed by atoms with Gasteiger partial charge in [-0.15, -0.1) is 0 Å². The summed E-state index contributed by atoms with van der Waals surface area (Å²) in [4.78, 5) is 26.5. The van der Waals surface area contributed by atoms with Crippen LogP contribution in [0.2, 0.25) is 0 Å². The van der Waals surface area contributed by atoms with Gasteiger partial charge in [-0.1, -0.05) is 6.07 Å². The van der Waals surface area contributed by atoms with Gasteiger partial charge < -0.3 is 15.3 Å². The Bertz CT molecular complexity index is 667. The maximum atomic E-state index is 12.1. The van der Waals surface area contributed by atoms with Crippen molar-refractivity contribution in [3.05, 3.63) is 48.5 Å². The Labute approximate surface area is 140 Å². The lowest BCUT2D eigenvalue weighted by Gasteiger charge is -2.39. The highest BCUT2D eigenvalue weighted by Gasteiger charge is 2.34. The van der Waals surface area contributed by atoms with E-state index in [0.717, 1.165) is 18.5 Å².